The third kappa shape index (κ3) is 3.60. The van der Waals surface area contributed by atoms with E-state index in [2.05, 4.69) is 10.2 Å². The molecule has 1 aliphatic heterocycles. The number of ether oxygens (including phenoxy) is 1. The molecule has 168 valence electrons. The first-order chi connectivity index (χ1) is 16.0. The normalized spacial score (nSPS) is 15.3. The minimum Gasteiger partial charge on any atom is -0.494 e. The summed E-state index contributed by atoms with van der Waals surface area (Å²) in [6, 6.07) is 12.2. The molecular weight excluding hydrogens is 438 g/mol. The maximum Gasteiger partial charge on any atom is 0.297 e. The predicted octanol–water partition coefficient (Wildman–Crippen LogP) is 5.05. The Bertz CT molecular complexity index is 1410. The molecule has 0 aliphatic carbocycles. The van der Waals surface area contributed by atoms with E-state index in [1.54, 1.807) is 12.1 Å². The lowest BCUT2D eigenvalue weighted by Gasteiger charge is -2.22. The molecule has 0 unspecified atom stereocenters. The van der Waals surface area contributed by atoms with Gasteiger partial charge in [0.1, 0.15) is 16.3 Å². The van der Waals surface area contributed by atoms with Gasteiger partial charge in [0.15, 0.2) is 5.43 Å². The Morgan fingerprint density at radius 1 is 1.09 bits per heavy atom. The van der Waals surface area contributed by atoms with E-state index in [-0.39, 0.29) is 17.1 Å². The molecule has 1 amide bonds. The molecular formula is C25H23N3O4S. The number of amides is 1. The lowest BCUT2D eigenvalue weighted by Crippen LogP contribution is -2.29. The van der Waals surface area contributed by atoms with Crippen molar-refractivity contribution in [2.75, 3.05) is 11.5 Å². The number of carbonyl (C=O) groups is 1. The number of hydrogen-bond acceptors (Lipinski definition) is 7. The smallest absolute Gasteiger partial charge is 0.297 e. The summed E-state index contributed by atoms with van der Waals surface area (Å²) in [5.41, 5.74) is 2.24. The second-order valence-electron chi connectivity index (χ2n) is 8.00. The fourth-order valence-electron chi connectivity index (χ4n) is 4.05. The predicted molar refractivity (Wildman–Crippen MR) is 127 cm³/mol. The van der Waals surface area contributed by atoms with Crippen molar-refractivity contribution in [3.63, 3.8) is 0 Å². The van der Waals surface area contributed by atoms with Crippen molar-refractivity contribution >= 4 is 33.3 Å². The van der Waals surface area contributed by atoms with Crippen LogP contribution in [-0.4, -0.2) is 22.7 Å². The van der Waals surface area contributed by atoms with Crippen LogP contribution in [0.15, 0.2) is 51.7 Å². The average molecular weight is 462 g/mol. The van der Waals surface area contributed by atoms with E-state index in [0.717, 1.165) is 28.3 Å². The second kappa shape index (κ2) is 8.44. The molecule has 1 atom stereocenters. The summed E-state index contributed by atoms with van der Waals surface area (Å²) in [5.74, 6) is 0.405. The summed E-state index contributed by atoms with van der Waals surface area (Å²) in [4.78, 5) is 28.7. The van der Waals surface area contributed by atoms with Crippen LogP contribution in [0.4, 0.5) is 5.13 Å². The van der Waals surface area contributed by atoms with Crippen LogP contribution in [0.5, 0.6) is 5.75 Å². The Balaban J connectivity index is 1.71. The van der Waals surface area contributed by atoms with Crippen molar-refractivity contribution in [2.24, 2.45) is 0 Å². The summed E-state index contributed by atoms with van der Waals surface area (Å²) in [7, 11) is 0. The maximum absolute atomic E-state index is 13.7. The molecule has 2 aromatic heterocycles. The van der Waals surface area contributed by atoms with Gasteiger partial charge in [-0.25, -0.2) is 0 Å². The Morgan fingerprint density at radius 3 is 2.58 bits per heavy atom. The molecule has 5 rings (SSSR count). The van der Waals surface area contributed by atoms with Crippen LogP contribution in [0.1, 0.15) is 58.6 Å². The van der Waals surface area contributed by atoms with Crippen LogP contribution < -0.4 is 15.1 Å². The molecule has 33 heavy (non-hydrogen) atoms. The molecule has 7 nitrogen and oxygen atoms in total. The molecule has 1 aliphatic rings. The van der Waals surface area contributed by atoms with Gasteiger partial charge in [0.2, 0.25) is 10.9 Å². The topological polar surface area (TPSA) is 85.5 Å². The standard InChI is InChI=1S/C25H23N3O4S/c1-4-12-31-16-9-7-15(8-10-16)21-20-22(29)17-13-14(3)6-11-18(17)32-23(20)24(30)28(21)25-27-26-19(5-2)33-25/h6-11,13,21H,4-5,12H2,1-3H3/t21-/m1/s1. The number of aromatic nitrogens is 2. The van der Waals surface area contributed by atoms with Gasteiger partial charge in [-0.3, -0.25) is 14.5 Å². The van der Waals surface area contributed by atoms with E-state index >= 15 is 0 Å². The number of hydrogen-bond donors (Lipinski definition) is 0. The van der Waals surface area contributed by atoms with E-state index in [1.807, 2.05) is 51.1 Å². The Morgan fingerprint density at radius 2 is 1.88 bits per heavy atom. The second-order valence-corrected chi connectivity index (χ2v) is 9.04. The van der Waals surface area contributed by atoms with E-state index in [4.69, 9.17) is 9.15 Å². The highest BCUT2D eigenvalue weighted by atomic mass is 32.1. The van der Waals surface area contributed by atoms with Gasteiger partial charge < -0.3 is 9.15 Å². The van der Waals surface area contributed by atoms with Crippen molar-refractivity contribution in [2.45, 2.75) is 39.7 Å². The highest BCUT2D eigenvalue weighted by molar-refractivity contribution is 7.15. The first-order valence-electron chi connectivity index (χ1n) is 11.0. The van der Waals surface area contributed by atoms with Crippen LogP contribution in [0.3, 0.4) is 0 Å². The number of fused-ring (bicyclic) bond motifs is 2. The van der Waals surface area contributed by atoms with Crippen LogP contribution >= 0.6 is 11.3 Å². The van der Waals surface area contributed by atoms with E-state index in [0.29, 0.717) is 34.7 Å². The van der Waals surface area contributed by atoms with Crippen LogP contribution in [0, 0.1) is 6.92 Å². The SMILES string of the molecule is CCCOc1ccc([C@@H]2c3c(oc4ccc(C)cc4c3=O)C(=O)N2c2nnc(CC)s2)cc1. The monoisotopic (exact) mass is 461 g/mol. The van der Waals surface area contributed by atoms with Gasteiger partial charge in [0.05, 0.1) is 23.6 Å². The minimum absolute atomic E-state index is 0.0564. The van der Waals surface area contributed by atoms with Crippen molar-refractivity contribution < 1.29 is 13.9 Å². The fourth-order valence-corrected chi connectivity index (χ4v) is 4.86. The van der Waals surface area contributed by atoms with Gasteiger partial charge in [0, 0.05) is 0 Å². The van der Waals surface area contributed by atoms with Gasteiger partial charge in [0.25, 0.3) is 5.91 Å². The zero-order chi connectivity index (χ0) is 23.1. The van der Waals surface area contributed by atoms with Crippen molar-refractivity contribution in [1.29, 1.82) is 0 Å². The third-order valence-corrected chi connectivity index (χ3v) is 6.73. The Hall–Kier alpha value is -3.52. The molecule has 4 aromatic rings. The minimum atomic E-state index is -0.661. The highest BCUT2D eigenvalue weighted by Gasteiger charge is 2.45. The highest BCUT2D eigenvalue weighted by Crippen LogP contribution is 2.42. The van der Waals surface area contributed by atoms with Gasteiger partial charge in [-0.1, -0.05) is 48.9 Å². The van der Waals surface area contributed by atoms with Gasteiger partial charge in [-0.2, -0.15) is 0 Å². The number of nitrogens with zero attached hydrogens (tertiary/aromatic N) is 3. The summed E-state index contributed by atoms with van der Waals surface area (Å²) in [5, 5.41) is 10.2. The maximum atomic E-state index is 13.7. The molecule has 0 radical (unpaired) electrons. The Labute approximate surface area is 194 Å². The number of aryl methyl sites for hydroxylation is 2. The van der Waals surface area contributed by atoms with Crippen LogP contribution in [-0.2, 0) is 6.42 Å². The van der Waals surface area contributed by atoms with E-state index in [1.165, 1.54) is 16.2 Å². The van der Waals surface area contributed by atoms with Crippen molar-refractivity contribution in [1.82, 2.24) is 10.2 Å². The van der Waals surface area contributed by atoms with Gasteiger partial charge in [-0.05, 0) is 49.6 Å². The first-order valence-corrected chi connectivity index (χ1v) is 11.8. The molecule has 8 heteroatoms. The quantitative estimate of drug-likeness (QED) is 0.399. The number of anilines is 1. The zero-order valence-corrected chi connectivity index (χ0v) is 19.4. The average Bonchev–Trinajstić information content (AvgIpc) is 3.41. The lowest BCUT2D eigenvalue weighted by molar-refractivity contribution is 0.0970. The third-order valence-electron chi connectivity index (χ3n) is 5.66. The van der Waals surface area contributed by atoms with Crippen LogP contribution in [0.2, 0.25) is 0 Å². The summed E-state index contributed by atoms with van der Waals surface area (Å²) >= 11 is 1.34. The molecule has 0 saturated carbocycles. The lowest BCUT2D eigenvalue weighted by atomic mass is 9.98. The molecule has 0 spiro atoms. The van der Waals surface area contributed by atoms with Crippen molar-refractivity contribution in [3.05, 3.63) is 80.1 Å². The zero-order valence-electron chi connectivity index (χ0n) is 18.6. The van der Waals surface area contributed by atoms with E-state index in [9.17, 15) is 9.59 Å². The summed E-state index contributed by atoms with van der Waals surface area (Å²) < 4.78 is 11.7. The molecule has 0 saturated heterocycles. The Kier molecular flexibility index (Phi) is 5.46. The summed E-state index contributed by atoms with van der Waals surface area (Å²) in [6.45, 7) is 6.57. The fraction of sp³-hybridized carbons (Fsp3) is 0.280. The van der Waals surface area contributed by atoms with Crippen LogP contribution in [0.25, 0.3) is 11.0 Å². The molecule has 2 aromatic carbocycles. The van der Waals surface area contributed by atoms with Gasteiger partial charge >= 0.3 is 0 Å². The number of benzene rings is 2. The largest absolute Gasteiger partial charge is 0.494 e. The first kappa shape index (κ1) is 21.3. The van der Waals surface area contributed by atoms with E-state index < -0.39 is 6.04 Å². The number of rotatable bonds is 6. The summed E-state index contributed by atoms with van der Waals surface area (Å²) in [6.07, 6.45) is 1.62. The van der Waals surface area contributed by atoms with Gasteiger partial charge in [-0.15, -0.1) is 10.2 Å². The molecule has 0 fully saturated rings. The van der Waals surface area contributed by atoms with Crippen molar-refractivity contribution in [3.8, 4) is 5.75 Å². The molecule has 0 bridgehead atoms. The molecule has 3 heterocycles. The molecule has 0 N–H and O–H groups in total. The number of carbonyl (C=O) groups excluding carboxylic acids is 1.